The van der Waals surface area contributed by atoms with E-state index in [1.807, 2.05) is 6.92 Å². The molecule has 0 spiro atoms. The zero-order chi connectivity index (χ0) is 16.2. The average Bonchev–Trinajstić information content (AvgIpc) is 2.87. The van der Waals surface area contributed by atoms with E-state index in [-0.39, 0.29) is 24.2 Å². The topological polar surface area (TPSA) is 72.8 Å². The first kappa shape index (κ1) is 15.3. The van der Waals surface area contributed by atoms with E-state index in [0.29, 0.717) is 5.57 Å². The Hall–Kier alpha value is -1.62. The van der Waals surface area contributed by atoms with Crippen molar-refractivity contribution in [2.24, 2.45) is 17.8 Å². The van der Waals surface area contributed by atoms with Gasteiger partial charge in [-0.1, -0.05) is 18.2 Å². The lowest BCUT2D eigenvalue weighted by Gasteiger charge is -2.34. The number of esters is 2. The van der Waals surface area contributed by atoms with Gasteiger partial charge in [-0.3, -0.25) is 4.79 Å². The quantitative estimate of drug-likeness (QED) is 0.454. The maximum Gasteiger partial charge on any atom is 0.334 e. The zero-order valence-electron chi connectivity index (χ0n) is 13.2. The lowest BCUT2D eigenvalue weighted by molar-refractivity contribution is -0.152. The molecule has 1 N–H and O–H groups in total. The Morgan fingerprint density at radius 1 is 1.50 bits per heavy atom. The maximum atomic E-state index is 12.0. The van der Waals surface area contributed by atoms with Crippen molar-refractivity contribution >= 4 is 11.9 Å². The minimum Gasteiger partial charge on any atom is -0.462 e. The highest BCUT2D eigenvalue weighted by atomic mass is 16.6. The van der Waals surface area contributed by atoms with Crippen molar-refractivity contribution < 1.29 is 24.2 Å². The van der Waals surface area contributed by atoms with Crippen LogP contribution in [0.1, 0.15) is 33.6 Å². The van der Waals surface area contributed by atoms with Gasteiger partial charge in [-0.25, -0.2) is 4.79 Å². The number of aliphatic hydroxyl groups is 1. The average molecular weight is 306 g/mol. The third-order valence-corrected chi connectivity index (χ3v) is 5.40. The summed E-state index contributed by atoms with van der Waals surface area (Å²) in [6.07, 6.45) is 2.12. The molecule has 0 radical (unpaired) electrons. The highest BCUT2D eigenvalue weighted by Gasteiger charge is 2.58. The van der Waals surface area contributed by atoms with Crippen molar-refractivity contribution in [1.29, 1.82) is 0 Å². The minimum atomic E-state index is -0.990. The molecule has 1 saturated heterocycles. The van der Waals surface area contributed by atoms with E-state index in [1.165, 1.54) is 6.92 Å². The molecule has 1 saturated carbocycles. The van der Waals surface area contributed by atoms with E-state index in [1.54, 1.807) is 6.92 Å². The molecule has 0 aromatic heterocycles. The molecular weight excluding hydrogens is 284 g/mol. The predicted molar refractivity (Wildman–Crippen MR) is 78.7 cm³/mol. The van der Waals surface area contributed by atoms with Crippen molar-refractivity contribution in [3.8, 4) is 0 Å². The Morgan fingerprint density at radius 3 is 2.82 bits per heavy atom. The van der Waals surface area contributed by atoms with Crippen LogP contribution in [0.2, 0.25) is 0 Å². The number of ether oxygens (including phenoxy) is 2. The number of allylic oxidation sites excluding steroid dienone is 1. The highest BCUT2D eigenvalue weighted by molar-refractivity contribution is 5.91. The Labute approximate surface area is 130 Å². The van der Waals surface area contributed by atoms with Crippen molar-refractivity contribution in [1.82, 2.24) is 0 Å². The molecule has 1 aliphatic heterocycles. The summed E-state index contributed by atoms with van der Waals surface area (Å²) in [7, 11) is 0. The zero-order valence-corrected chi connectivity index (χ0v) is 13.2. The second-order valence-corrected chi connectivity index (χ2v) is 6.95. The summed E-state index contributed by atoms with van der Waals surface area (Å²) >= 11 is 0. The number of carbonyl (C=O) groups excluding carboxylic acids is 2. The van der Waals surface area contributed by atoms with Gasteiger partial charge in [0.1, 0.15) is 12.2 Å². The number of hydrogen-bond acceptors (Lipinski definition) is 5. The van der Waals surface area contributed by atoms with Gasteiger partial charge >= 0.3 is 11.9 Å². The largest absolute Gasteiger partial charge is 0.462 e. The van der Waals surface area contributed by atoms with Gasteiger partial charge in [0.05, 0.1) is 11.5 Å². The molecule has 2 fully saturated rings. The normalized spacial score (nSPS) is 43.8. The molecule has 5 heteroatoms. The van der Waals surface area contributed by atoms with E-state index < -0.39 is 29.7 Å². The first-order valence-electron chi connectivity index (χ1n) is 7.68. The lowest BCUT2D eigenvalue weighted by Crippen LogP contribution is -2.40. The number of rotatable bonds is 1. The summed E-state index contributed by atoms with van der Waals surface area (Å²) in [5.74, 6) is -1.33. The van der Waals surface area contributed by atoms with Gasteiger partial charge in [-0.15, -0.1) is 0 Å². The highest BCUT2D eigenvalue weighted by Crippen LogP contribution is 2.52. The standard InChI is InChI=1S/C17H22O5/c1-8-5-6-11-13(8)15-14(9(2)16(19)22-15)12(21-10(3)18)7-17(11,4)20/h5,11-15,20H,2,6-7H2,1,3-4H3/t11-,12+,13+,14-,15-,17-/m1/s1. The molecule has 0 aromatic carbocycles. The van der Waals surface area contributed by atoms with Crippen LogP contribution in [-0.4, -0.2) is 34.9 Å². The number of fused-ring (bicyclic) bond motifs is 3. The van der Waals surface area contributed by atoms with Crippen molar-refractivity contribution in [3.05, 3.63) is 23.8 Å². The first-order chi connectivity index (χ1) is 10.2. The van der Waals surface area contributed by atoms with Gasteiger partial charge in [0.25, 0.3) is 0 Å². The molecule has 22 heavy (non-hydrogen) atoms. The molecule has 3 rings (SSSR count). The van der Waals surface area contributed by atoms with Crippen LogP contribution in [0.15, 0.2) is 23.8 Å². The smallest absolute Gasteiger partial charge is 0.334 e. The summed E-state index contributed by atoms with van der Waals surface area (Å²) in [5, 5.41) is 10.9. The molecule has 5 nitrogen and oxygen atoms in total. The fourth-order valence-corrected chi connectivity index (χ4v) is 4.40. The maximum absolute atomic E-state index is 12.0. The van der Waals surface area contributed by atoms with Crippen LogP contribution in [0.5, 0.6) is 0 Å². The predicted octanol–water partition coefficient (Wildman–Crippen LogP) is 1.75. The SMILES string of the molecule is C=C1C(=O)O[C@@H]2[C@H]3C(C)=CC[C@H]3[C@](C)(O)C[C@H](OC(C)=O)[C@@H]12. The van der Waals surface area contributed by atoms with Crippen LogP contribution >= 0.6 is 0 Å². The number of hydrogen-bond donors (Lipinski definition) is 1. The van der Waals surface area contributed by atoms with Crippen LogP contribution in [-0.2, 0) is 19.1 Å². The monoisotopic (exact) mass is 306 g/mol. The Morgan fingerprint density at radius 2 is 2.18 bits per heavy atom. The summed E-state index contributed by atoms with van der Waals surface area (Å²) < 4.78 is 11.0. The summed E-state index contributed by atoms with van der Waals surface area (Å²) in [6, 6.07) is 0. The molecule has 120 valence electrons. The molecule has 0 amide bonds. The molecule has 3 aliphatic rings. The first-order valence-corrected chi connectivity index (χ1v) is 7.68. The molecule has 6 atom stereocenters. The van der Waals surface area contributed by atoms with Gasteiger partial charge in [0, 0.05) is 30.8 Å². The van der Waals surface area contributed by atoms with Gasteiger partial charge in [0.15, 0.2) is 0 Å². The molecule has 0 aromatic rings. The minimum absolute atomic E-state index is 0.0424. The van der Waals surface area contributed by atoms with Crippen LogP contribution in [0, 0.1) is 17.8 Å². The van der Waals surface area contributed by atoms with Crippen LogP contribution < -0.4 is 0 Å². The number of carbonyl (C=O) groups is 2. The van der Waals surface area contributed by atoms with Gasteiger partial charge in [-0.2, -0.15) is 0 Å². The third-order valence-electron chi connectivity index (χ3n) is 5.40. The molecule has 0 unspecified atom stereocenters. The van der Waals surface area contributed by atoms with Gasteiger partial charge in [0.2, 0.25) is 0 Å². The lowest BCUT2D eigenvalue weighted by atomic mass is 9.76. The van der Waals surface area contributed by atoms with E-state index in [4.69, 9.17) is 9.47 Å². The van der Waals surface area contributed by atoms with Crippen molar-refractivity contribution in [2.45, 2.75) is 51.4 Å². The fourth-order valence-electron chi connectivity index (χ4n) is 4.40. The second-order valence-electron chi connectivity index (χ2n) is 6.95. The molecule has 2 aliphatic carbocycles. The van der Waals surface area contributed by atoms with E-state index in [2.05, 4.69) is 12.7 Å². The van der Waals surface area contributed by atoms with Crippen molar-refractivity contribution in [3.63, 3.8) is 0 Å². The van der Waals surface area contributed by atoms with E-state index in [0.717, 1.165) is 12.0 Å². The second kappa shape index (κ2) is 4.95. The third kappa shape index (κ3) is 2.19. The van der Waals surface area contributed by atoms with E-state index in [9.17, 15) is 14.7 Å². The Bertz CT molecular complexity index is 574. The molecular formula is C17H22O5. The molecule has 1 heterocycles. The van der Waals surface area contributed by atoms with Crippen LogP contribution in [0.4, 0.5) is 0 Å². The fraction of sp³-hybridized carbons (Fsp3) is 0.647. The Kier molecular flexibility index (Phi) is 3.44. The van der Waals surface area contributed by atoms with Crippen LogP contribution in [0.25, 0.3) is 0 Å². The summed E-state index contributed by atoms with van der Waals surface area (Å²) in [5.41, 5.74) is 0.467. The Balaban J connectivity index is 2.05. The van der Waals surface area contributed by atoms with E-state index >= 15 is 0 Å². The summed E-state index contributed by atoms with van der Waals surface area (Å²) in [4.78, 5) is 23.4. The molecule has 0 bridgehead atoms. The summed E-state index contributed by atoms with van der Waals surface area (Å²) in [6.45, 7) is 8.95. The van der Waals surface area contributed by atoms with Gasteiger partial charge in [-0.05, 0) is 20.3 Å². The van der Waals surface area contributed by atoms with Crippen LogP contribution in [0.3, 0.4) is 0 Å². The van der Waals surface area contributed by atoms with Crippen molar-refractivity contribution in [2.75, 3.05) is 0 Å². The van der Waals surface area contributed by atoms with Gasteiger partial charge < -0.3 is 14.6 Å².